The molecule has 0 radical (unpaired) electrons. The molecule has 2 amide bonds. The predicted octanol–water partition coefficient (Wildman–Crippen LogP) is 2.11. The lowest BCUT2D eigenvalue weighted by Gasteiger charge is -2.51. The van der Waals surface area contributed by atoms with Crippen molar-refractivity contribution < 1.29 is 18.7 Å². The number of rotatable bonds is 8. The van der Waals surface area contributed by atoms with Crippen molar-refractivity contribution in [3.05, 3.63) is 24.2 Å². The third kappa shape index (κ3) is 4.34. The largest absolute Gasteiger partial charge is 0.459 e. The molecule has 128 valence electrons. The Labute approximate surface area is 137 Å². The number of carbonyl (C=O) groups excluding carboxylic acids is 2. The van der Waals surface area contributed by atoms with Gasteiger partial charge in [0.05, 0.1) is 12.4 Å². The molecule has 23 heavy (non-hydrogen) atoms. The van der Waals surface area contributed by atoms with Gasteiger partial charge in [-0.15, -0.1) is 0 Å². The lowest BCUT2D eigenvalue weighted by Crippen LogP contribution is -2.62. The summed E-state index contributed by atoms with van der Waals surface area (Å²) in [5, 5.41) is 5.79. The number of ether oxygens (including phenoxy) is 1. The molecule has 1 fully saturated rings. The van der Waals surface area contributed by atoms with Crippen molar-refractivity contribution in [1.82, 2.24) is 10.6 Å². The maximum atomic E-state index is 12.0. The van der Waals surface area contributed by atoms with Crippen LogP contribution in [0.2, 0.25) is 0 Å². The maximum Gasteiger partial charge on any atom is 0.286 e. The highest BCUT2D eigenvalue weighted by Gasteiger charge is 2.49. The molecular formula is C17H26N2O4. The molecule has 1 aliphatic carbocycles. The van der Waals surface area contributed by atoms with Gasteiger partial charge in [-0.3, -0.25) is 9.59 Å². The van der Waals surface area contributed by atoms with Gasteiger partial charge < -0.3 is 19.8 Å². The van der Waals surface area contributed by atoms with E-state index in [2.05, 4.69) is 24.5 Å². The summed E-state index contributed by atoms with van der Waals surface area (Å²) in [5.41, 5.74) is -0.0286. The number of hydrogen-bond donors (Lipinski definition) is 2. The predicted molar refractivity (Wildman–Crippen MR) is 86.0 cm³/mol. The zero-order chi connectivity index (χ0) is 16.9. The Morgan fingerprint density at radius 1 is 1.43 bits per heavy atom. The first-order chi connectivity index (χ1) is 10.9. The second-order valence-corrected chi connectivity index (χ2v) is 6.46. The van der Waals surface area contributed by atoms with Crippen molar-refractivity contribution in [3.8, 4) is 0 Å². The minimum atomic E-state index is -0.255. The van der Waals surface area contributed by atoms with Crippen molar-refractivity contribution in [2.75, 3.05) is 13.2 Å². The lowest BCUT2D eigenvalue weighted by atomic mass is 9.64. The number of hydrogen-bond acceptors (Lipinski definition) is 4. The summed E-state index contributed by atoms with van der Waals surface area (Å²) < 4.78 is 10.7. The van der Waals surface area contributed by atoms with Crippen LogP contribution in [0.1, 0.15) is 50.6 Å². The van der Waals surface area contributed by atoms with Crippen LogP contribution in [-0.2, 0) is 9.53 Å². The van der Waals surface area contributed by atoms with Gasteiger partial charge in [0.15, 0.2) is 5.76 Å². The van der Waals surface area contributed by atoms with E-state index in [9.17, 15) is 9.59 Å². The molecule has 1 aliphatic rings. The van der Waals surface area contributed by atoms with Gasteiger partial charge >= 0.3 is 0 Å². The average molecular weight is 322 g/mol. The van der Waals surface area contributed by atoms with Gasteiger partial charge in [0, 0.05) is 31.0 Å². The van der Waals surface area contributed by atoms with E-state index in [1.165, 1.54) is 6.26 Å². The Bertz CT molecular complexity index is 525. The second kappa shape index (κ2) is 7.64. The molecule has 1 aromatic rings. The molecule has 1 saturated carbocycles. The fourth-order valence-corrected chi connectivity index (χ4v) is 2.83. The average Bonchev–Trinajstić information content (AvgIpc) is 3.05. The van der Waals surface area contributed by atoms with Crippen LogP contribution in [0.15, 0.2) is 22.8 Å². The van der Waals surface area contributed by atoms with Crippen LogP contribution in [0.3, 0.4) is 0 Å². The molecular weight excluding hydrogens is 296 g/mol. The fraction of sp³-hybridized carbons (Fsp3) is 0.647. The van der Waals surface area contributed by atoms with Gasteiger partial charge in [-0.1, -0.05) is 13.8 Å². The summed E-state index contributed by atoms with van der Waals surface area (Å²) in [7, 11) is 0. The van der Waals surface area contributed by atoms with Crippen LogP contribution in [0.5, 0.6) is 0 Å². The molecule has 2 N–H and O–H groups in total. The summed E-state index contributed by atoms with van der Waals surface area (Å²) >= 11 is 0. The van der Waals surface area contributed by atoms with E-state index >= 15 is 0 Å². The van der Waals surface area contributed by atoms with E-state index in [1.807, 2.05) is 6.92 Å². The van der Waals surface area contributed by atoms with Crippen LogP contribution in [0.25, 0.3) is 0 Å². The molecule has 2 rings (SSSR count). The molecule has 2 atom stereocenters. The molecule has 6 nitrogen and oxygen atoms in total. The van der Waals surface area contributed by atoms with Gasteiger partial charge in [0.2, 0.25) is 5.91 Å². The first kappa shape index (κ1) is 17.5. The van der Waals surface area contributed by atoms with Crippen molar-refractivity contribution in [2.24, 2.45) is 5.41 Å². The smallest absolute Gasteiger partial charge is 0.286 e. The van der Waals surface area contributed by atoms with Crippen molar-refractivity contribution >= 4 is 11.8 Å². The van der Waals surface area contributed by atoms with E-state index in [-0.39, 0.29) is 35.1 Å². The highest BCUT2D eigenvalue weighted by atomic mass is 16.5. The second-order valence-electron chi connectivity index (χ2n) is 6.46. The molecule has 0 bridgehead atoms. The van der Waals surface area contributed by atoms with E-state index in [0.717, 1.165) is 6.42 Å². The Hall–Kier alpha value is -1.82. The topological polar surface area (TPSA) is 80.6 Å². The number of furan rings is 1. The molecule has 0 saturated heterocycles. The van der Waals surface area contributed by atoms with Crippen LogP contribution in [0, 0.1) is 5.41 Å². The van der Waals surface area contributed by atoms with Crippen LogP contribution >= 0.6 is 0 Å². The summed E-state index contributed by atoms with van der Waals surface area (Å²) in [5.74, 6) is 0.0491. The lowest BCUT2D eigenvalue weighted by molar-refractivity contribution is -0.136. The normalized spacial score (nSPS) is 22.2. The number of nitrogens with one attached hydrogen (secondary N) is 2. The van der Waals surface area contributed by atoms with E-state index < -0.39 is 0 Å². The van der Waals surface area contributed by atoms with Crippen LogP contribution in [0.4, 0.5) is 0 Å². The van der Waals surface area contributed by atoms with Crippen molar-refractivity contribution in [1.29, 1.82) is 0 Å². The molecule has 1 heterocycles. The minimum absolute atomic E-state index is 0.0188. The van der Waals surface area contributed by atoms with Crippen LogP contribution in [-0.4, -0.2) is 37.1 Å². The summed E-state index contributed by atoms with van der Waals surface area (Å²) in [6.07, 6.45) is 3.52. The standard InChI is InChI=1S/C17H26N2O4/c1-4-22-14-11-13(17(14,2)3)19-15(20)8-5-9-18-16(21)12-7-6-10-23-12/h6-7,10,13-14H,4-5,8-9,11H2,1-3H3,(H,18,21)(H,19,20)/t13-,14+/m0/s1. The fourth-order valence-electron chi connectivity index (χ4n) is 2.83. The Morgan fingerprint density at radius 3 is 2.83 bits per heavy atom. The van der Waals surface area contributed by atoms with Gasteiger partial charge in [0.1, 0.15) is 0 Å². The zero-order valence-electron chi connectivity index (χ0n) is 14.1. The maximum absolute atomic E-state index is 12.0. The zero-order valence-corrected chi connectivity index (χ0v) is 14.1. The first-order valence-corrected chi connectivity index (χ1v) is 8.17. The summed E-state index contributed by atoms with van der Waals surface area (Å²) in [6.45, 7) is 7.36. The number of amides is 2. The summed E-state index contributed by atoms with van der Waals surface area (Å²) in [6, 6.07) is 3.43. The molecule has 0 unspecified atom stereocenters. The monoisotopic (exact) mass is 322 g/mol. The quantitative estimate of drug-likeness (QED) is 0.718. The molecule has 6 heteroatoms. The highest BCUT2D eigenvalue weighted by Crippen LogP contribution is 2.42. The molecule has 0 spiro atoms. The van der Waals surface area contributed by atoms with Gasteiger partial charge in [-0.05, 0) is 31.9 Å². The summed E-state index contributed by atoms with van der Waals surface area (Å²) in [4.78, 5) is 23.6. The van der Waals surface area contributed by atoms with E-state index in [1.54, 1.807) is 12.1 Å². The van der Waals surface area contributed by atoms with Gasteiger partial charge in [-0.2, -0.15) is 0 Å². The third-order valence-electron chi connectivity index (χ3n) is 4.49. The van der Waals surface area contributed by atoms with E-state index in [4.69, 9.17) is 9.15 Å². The Morgan fingerprint density at radius 2 is 2.22 bits per heavy atom. The molecule has 1 aromatic heterocycles. The Balaban J connectivity index is 1.62. The first-order valence-electron chi connectivity index (χ1n) is 8.17. The minimum Gasteiger partial charge on any atom is -0.459 e. The van der Waals surface area contributed by atoms with E-state index in [0.29, 0.717) is 26.0 Å². The molecule has 0 aromatic carbocycles. The third-order valence-corrected chi connectivity index (χ3v) is 4.49. The molecule has 0 aliphatic heterocycles. The van der Waals surface area contributed by atoms with Gasteiger partial charge in [-0.25, -0.2) is 0 Å². The van der Waals surface area contributed by atoms with Crippen LogP contribution < -0.4 is 10.6 Å². The van der Waals surface area contributed by atoms with Crippen molar-refractivity contribution in [2.45, 2.75) is 52.2 Å². The SMILES string of the molecule is CCO[C@@H]1C[C@H](NC(=O)CCCNC(=O)c2ccco2)C1(C)C. The Kier molecular flexibility index (Phi) is 5.82. The van der Waals surface area contributed by atoms with Gasteiger partial charge in [0.25, 0.3) is 5.91 Å². The van der Waals surface area contributed by atoms with Crippen molar-refractivity contribution in [3.63, 3.8) is 0 Å². The highest BCUT2D eigenvalue weighted by molar-refractivity contribution is 5.91. The number of carbonyl (C=O) groups is 2.